The fourth-order valence-electron chi connectivity index (χ4n) is 1.55. The molecule has 1 saturated heterocycles. The summed E-state index contributed by atoms with van der Waals surface area (Å²) in [5.74, 6) is 0.252. The average Bonchev–Trinajstić information content (AvgIpc) is 2.29. The van der Waals surface area contributed by atoms with Gasteiger partial charge in [0.1, 0.15) is 5.84 Å². The molecule has 0 amide bonds. The van der Waals surface area contributed by atoms with Crippen LogP contribution in [0.3, 0.4) is 0 Å². The van der Waals surface area contributed by atoms with E-state index in [1.807, 2.05) is 7.05 Å². The van der Waals surface area contributed by atoms with Gasteiger partial charge in [-0.1, -0.05) is 0 Å². The lowest BCUT2D eigenvalue weighted by molar-refractivity contribution is -0.128. The van der Waals surface area contributed by atoms with Gasteiger partial charge in [-0.3, -0.25) is 9.79 Å². The molecule has 1 fully saturated rings. The van der Waals surface area contributed by atoms with Crippen molar-refractivity contribution in [1.29, 1.82) is 0 Å². The van der Waals surface area contributed by atoms with Gasteiger partial charge in [-0.25, -0.2) is 0 Å². The third-order valence-corrected chi connectivity index (χ3v) is 2.33. The molecule has 68 valence electrons. The van der Waals surface area contributed by atoms with Gasteiger partial charge in [0.2, 0.25) is 0 Å². The molecule has 1 rings (SSSR count). The molecule has 0 aromatic heterocycles. The number of carbonyl (C=O) groups excluding carboxylic acids is 1. The zero-order chi connectivity index (χ0) is 9.35. The van der Waals surface area contributed by atoms with Crippen molar-refractivity contribution in [3.05, 3.63) is 0 Å². The number of amidine groups is 1. The SMILES string of the molecule is CN=C1N(C)CC[C@@]1(O)C(C)=O. The Morgan fingerprint density at radius 2 is 2.33 bits per heavy atom. The minimum absolute atomic E-state index is 0.229. The van der Waals surface area contributed by atoms with Crippen LogP contribution in [0.2, 0.25) is 0 Å². The van der Waals surface area contributed by atoms with Crippen LogP contribution < -0.4 is 0 Å². The maximum Gasteiger partial charge on any atom is 0.181 e. The second kappa shape index (κ2) is 2.86. The lowest BCUT2D eigenvalue weighted by atomic mass is 9.97. The molecule has 0 unspecified atom stereocenters. The predicted octanol–water partition coefficient (Wildman–Crippen LogP) is -0.330. The normalized spacial score (nSPS) is 33.0. The number of likely N-dealkylation sites (N-methyl/N-ethyl adjacent to an activating group) is 1. The van der Waals surface area contributed by atoms with E-state index in [1.54, 1.807) is 11.9 Å². The number of nitrogens with zero attached hydrogens (tertiary/aromatic N) is 2. The minimum Gasteiger partial charge on any atom is -0.374 e. The summed E-state index contributed by atoms with van der Waals surface area (Å²) in [5.41, 5.74) is -1.33. The van der Waals surface area contributed by atoms with Crippen LogP contribution in [-0.2, 0) is 4.79 Å². The molecule has 0 aromatic rings. The molecule has 12 heavy (non-hydrogen) atoms. The second-order valence-corrected chi connectivity index (χ2v) is 3.14. The number of carbonyl (C=O) groups is 1. The third kappa shape index (κ3) is 1.12. The maximum atomic E-state index is 11.1. The first kappa shape index (κ1) is 9.19. The molecule has 4 heteroatoms. The summed E-state index contributed by atoms with van der Waals surface area (Å²) in [6.45, 7) is 2.08. The Balaban J connectivity index is 3.01. The van der Waals surface area contributed by atoms with Crippen LogP contribution in [0.25, 0.3) is 0 Å². The van der Waals surface area contributed by atoms with Gasteiger partial charge < -0.3 is 10.0 Å². The molecule has 0 bridgehead atoms. The Labute approximate surface area is 71.9 Å². The van der Waals surface area contributed by atoms with E-state index in [0.29, 0.717) is 18.8 Å². The quantitative estimate of drug-likeness (QED) is 0.586. The summed E-state index contributed by atoms with van der Waals surface area (Å²) >= 11 is 0. The second-order valence-electron chi connectivity index (χ2n) is 3.14. The number of likely N-dealkylation sites (tertiary alicyclic amines) is 1. The lowest BCUT2D eigenvalue weighted by Crippen LogP contribution is -2.44. The van der Waals surface area contributed by atoms with Crippen molar-refractivity contribution >= 4 is 11.6 Å². The fraction of sp³-hybridized carbons (Fsp3) is 0.750. The molecule has 1 atom stereocenters. The van der Waals surface area contributed by atoms with E-state index in [0.717, 1.165) is 0 Å². The molecule has 0 spiro atoms. The van der Waals surface area contributed by atoms with Crippen LogP contribution in [0.1, 0.15) is 13.3 Å². The Bertz CT molecular complexity index is 237. The molecule has 1 aliphatic rings. The van der Waals surface area contributed by atoms with E-state index in [2.05, 4.69) is 4.99 Å². The maximum absolute atomic E-state index is 11.1. The van der Waals surface area contributed by atoms with E-state index < -0.39 is 5.60 Å². The van der Waals surface area contributed by atoms with Crippen molar-refractivity contribution in [3.8, 4) is 0 Å². The van der Waals surface area contributed by atoms with Crippen LogP contribution in [0.4, 0.5) is 0 Å². The first-order valence-electron chi connectivity index (χ1n) is 3.94. The van der Waals surface area contributed by atoms with Crippen molar-refractivity contribution in [3.63, 3.8) is 0 Å². The van der Waals surface area contributed by atoms with Crippen molar-refractivity contribution in [2.24, 2.45) is 4.99 Å². The smallest absolute Gasteiger partial charge is 0.181 e. The number of hydrogen-bond acceptors (Lipinski definition) is 3. The first-order valence-corrected chi connectivity index (χ1v) is 3.94. The summed E-state index contributed by atoms with van der Waals surface area (Å²) in [6.07, 6.45) is 0.450. The predicted molar refractivity (Wildman–Crippen MR) is 46.2 cm³/mol. The Morgan fingerprint density at radius 3 is 2.67 bits per heavy atom. The first-order chi connectivity index (χ1) is 5.52. The summed E-state index contributed by atoms with van der Waals surface area (Å²) in [4.78, 5) is 16.8. The molecule has 0 aromatic carbocycles. The van der Waals surface area contributed by atoms with E-state index in [9.17, 15) is 9.90 Å². The number of aliphatic hydroxyl groups is 1. The topological polar surface area (TPSA) is 52.9 Å². The van der Waals surface area contributed by atoms with E-state index >= 15 is 0 Å². The summed E-state index contributed by atoms with van der Waals surface area (Å²) < 4.78 is 0. The Hall–Kier alpha value is -0.900. The molecule has 0 aliphatic carbocycles. The summed E-state index contributed by atoms with van der Waals surface area (Å²) in [7, 11) is 3.41. The Morgan fingerprint density at radius 1 is 1.75 bits per heavy atom. The van der Waals surface area contributed by atoms with Crippen molar-refractivity contribution in [2.45, 2.75) is 18.9 Å². The molecule has 1 heterocycles. The lowest BCUT2D eigenvalue weighted by Gasteiger charge is -2.21. The van der Waals surface area contributed by atoms with Gasteiger partial charge in [0.15, 0.2) is 11.4 Å². The minimum atomic E-state index is -1.33. The van der Waals surface area contributed by atoms with Gasteiger partial charge in [-0.15, -0.1) is 0 Å². The van der Waals surface area contributed by atoms with Gasteiger partial charge in [0.05, 0.1) is 0 Å². The highest BCUT2D eigenvalue weighted by Crippen LogP contribution is 2.23. The van der Waals surface area contributed by atoms with Crippen LogP contribution in [0.15, 0.2) is 4.99 Å². The number of hydrogen-bond donors (Lipinski definition) is 1. The van der Waals surface area contributed by atoms with Crippen LogP contribution in [0.5, 0.6) is 0 Å². The van der Waals surface area contributed by atoms with Crippen molar-refractivity contribution in [1.82, 2.24) is 4.90 Å². The van der Waals surface area contributed by atoms with Gasteiger partial charge in [-0.05, 0) is 6.92 Å². The number of Topliss-reactive ketones (excluding diaryl/α,β-unsaturated/α-hetero) is 1. The van der Waals surface area contributed by atoms with Crippen molar-refractivity contribution < 1.29 is 9.90 Å². The zero-order valence-electron chi connectivity index (χ0n) is 7.66. The fourth-order valence-corrected chi connectivity index (χ4v) is 1.55. The van der Waals surface area contributed by atoms with Gasteiger partial charge >= 0.3 is 0 Å². The average molecular weight is 170 g/mol. The summed E-state index contributed by atoms with van der Waals surface area (Å²) in [5, 5.41) is 9.88. The molecule has 1 N–H and O–H groups in total. The van der Waals surface area contributed by atoms with Gasteiger partial charge in [-0.2, -0.15) is 0 Å². The van der Waals surface area contributed by atoms with E-state index in [-0.39, 0.29) is 5.78 Å². The monoisotopic (exact) mass is 170 g/mol. The third-order valence-electron chi connectivity index (χ3n) is 2.33. The zero-order valence-corrected chi connectivity index (χ0v) is 7.66. The molecule has 4 nitrogen and oxygen atoms in total. The van der Waals surface area contributed by atoms with Crippen LogP contribution >= 0.6 is 0 Å². The Kier molecular flexibility index (Phi) is 2.19. The highest BCUT2D eigenvalue weighted by atomic mass is 16.3. The number of aliphatic imine (C=N–C) groups is 1. The van der Waals surface area contributed by atoms with Gasteiger partial charge in [0, 0.05) is 27.1 Å². The highest BCUT2D eigenvalue weighted by molar-refractivity contribution is 6.11. The standard InChI is InChI=1S/C8H14N2O2/c1-6(11)8(12)4-5-10(3)7(8)9-2/h12H,4-5H2,1-3H3/t8-/m1/s1. The highest BCUT2D eigenvalue weighted by Gasteiger charge is 2.45. The molecular weight excluding hydrogens is 156 g/mol. The van der Waals surface area contributed by atoms with E-state index in [1.165, 1.54) is 6.92 Å². The number of rotatable bonds is 1. The molecule has 0 saturated carbocycles. The van der Waals surface area contributed by atoms with Crippen LogP contribution in [-0.4, -0.2) is 47.9 Å². The van der Waals surface area contributed by atoms with E-state index in [4.69, 9.17) is 0 Å². The van der Waals surface area contributed by atoms with Crippen molar-refractivity contribution in [2.75, 3.05) is 20.6 Å². The molecule has 1 aliphatic heterocycles. The van der Waals surface area contributed by atoms with Crippen LogP contribution in [0, 0.1) is 0 Å². The molecule has 0 radical (unpaired) electrons. The largest absolute Gasteiger partial charge is 0.374 e. The number of ketones is 1. The van der Waals surface area contributed by atoms with Gasteiger partial charge in [0.25, 0.3) is 0 Å². The molecular formula is C8H14N2O2. The summed E-state index contributed by atoms with van der Waals surface area (Å²) in [6, 6.07) is 0.